The first-order valence-corrected chi connectivity index (χ1v) is 6.37. The molecule has 0 radical (unpaired) electrons. The van der Waals surface area contributed by atoms with Crippen molar-refractivity contribution in [1.29, 1.82) is 0 Å². The van der Waals surface area contributed by atoms with Gasteiger partial charge in [0.1, 0.15) is 0 Å². The van der Waals surface area contributed by atoms with Crippen LogP contribution in [0.1, 0.15) is 24.8 Å². The van der Waals surface area contributed by atoms with Crippen LogP contribution in [0.2, 0.25) is 0 Å². The maximum Gasteiger partial charge on any atom is 0.418 e. The van der Waals surface area contributed by atoms with Gasteiger partial charge in [0.25, 0.3) is 0 Å². The highest BCUT2D eigenvalue weighted by Crippen LogP contribution is 2.37. The van der Waals surface area contributed by atoms with E-state index in [4.69, 9.17) is 0 Å². The number of benzene rings is 1. The Kier molecular flexibility index (Phi) is 3.66. The van der Waals surface area contributed by atoms with Gasteiger partial charge in [0, 0.05) is 16.7 Å². The van der Waals surface area contributed by atoms with Crippen molar-refractivity contribution in [3.63, 3.8) is 0 Å². The molecule has 0 heterocycles. The van der Waals surface area contributed by atoms with Crippen molar-refractivity contribution in [2.45, 2.75) is 25.4 Å². The number of alkyl halides is 3. The average molecular weight is 308 g/mol. The van der Waals surface area contributed by atoms with Crippen LogP contribution in [-0.2, 0) is 6.18 Å². The molecule has 0 saturated heterocycles. The van der Waals surface area contributed by atoms with Crippen molar-refractivity contribution in [2.75, 3.05) is 11.9 Å². The van der Waals surface area contributed by atoms with Crippen molar-refractivity contribution in [2.24, 2.45) is 5.92 Å². The number of hydrogen-bond acceptors (Lipinski definition) is 1. The topological polar surface area (TPSA) is 12.0 Å². The van der Waals surface area contributed by atoms with Gasteiger partial charge in [-0.05, 0) is 37.0 Å². The monoisotopic (exact) mass is 307 g/mol. The molecule has 0 bridgehead atoms. The van der Waals surface area contributed by atoms with Gasteiger partial charge in [0.05, 0.1) is 5.56 Å². The summed E-state index contributed by atoms with van der Waals surface area (Å²) < 4.78 is 38.9. The summed E-state index contributed by atoms with van der Waals surface area (Å²) in [5.41, 5.74) is -0.432. The summed E-state index contributed by atoms with van der Waals surface area (Å²) in [6.07, 6.45) is -0.885. The van der Waals surface area contributed by atoms with Crippen LogP contribution in [0.15, 0.2) is 22.7 Å². The molecular formula is C12H13BrF3N. The van der Waals surface area contributed by atoms with E-state index < -0.39 is 11.7 Å². The fourth-order valence-electron chi connectivity index (χ4n) is 1.86. The van der Waals surface area contributed by atoms with E-state index in [-0.39, 0.29) is 5.69 Å². The van der Waals surface area contributed by atoms with Gasteiger partial charge >= 0.3 is 6.18 Å². The largest absolute Gasteiger partial charge is 0.418 e. The molecule has 1 nitrogen and oxygen atoms in total. The quantitative estimate of drug-likeness (QED) is 0.855. The average Bonchev–Trinajstić information content (AvgIpc) is 2.13. The van der Waals surface area contributed by atoms with Crippen LogP contribution >= 0.6 is 15.9 Å². The third kappa shape index (κ3) is 3.15. The molecule has 1 N–H and O–H groups in total. The first-order chi connectivity index (χ1) is 7.97. The number of anilines is 1. The fourth-order valence-corrected chi connectivity index (χ4v) is 2.22. The SMILES string of the molecule is FC(F)(F)c1ccc(Br)cc1NCC1CCC1. The lowest BCUT2D eigenvalue weighted by atomic mass is 9.85. The van der Waals surface area contributed by atoms with Crippen LogP contribution in [0, 0.1) is 5.92 Å². The maximum atomic E-state index is 12.7. The molecule has 0 aliphatic heterocycles. The van der Waals surface area contributed by atoms with Gasteiger partial charge in [0.15, 0.2) is 0 Å². The van der Waals surface area contributed by atoms with Crippen LogP contribution in [0.25, 0.3) is 0 Å². The molecule has 2 rings (SSSR count). The van der Waals surface area contributed by atoms with Crippen LogP contribution in [-0.4, -0.2) is 6.54 Å². The molecule has 17 heavy (non-hydrogen) atoms. The fraction of sp³-hybridized carbons (Fsp3) is 0.500. The van der Waals surface area contributed by atoms with E-state index in [0.717, 1.165) is 18.9 Å². The Morgan fingerprint density at radius 3 is 2.53 bits per heavy atom. The van der Waals surface area contributed by atoms with Crippen LogP contribution in [0.4, 0.5) is 18.9 Å². The van der Waals surface area contributed by atoms with E-state index in [2.05, 4.69) is 21.2 Å². The zero-order chi connectivity index (χ0) is 12.5. The van der Waals surface area contributed by atoms with E-state index in [1.54, 1.807) is 0 Å². The van der Waals surface area contributed by atoms with Crippen molar-refractivity contribution in [3.05, 3.63) is 28.2 Å². The van der Waals surface area contributed by atoms with Gasteiger partial charge in [-0.2, -0.15) is 13.2 Å². The summed E-state index contributed by atoms with van der Waals surface area (Å²) in [5.74, 6) is 0.523. The standard InChI is InChI=1S/C12H13BrF3N/c13-9-4-5-10(12(14,15)16)11(6-9)17-7-8-2-1-3-8/h4-6,8,17H,1-3,7H2. The summed E-state index contributed by atoms with van der Waals surface area (Å²) in [5, 5.41) is 2.91. The predicted octanol–water partition coefficient (Wildman–Crippen LogP) is 4.68. The molecule has 1 aromatic carbocycles. The summed E-state index contributed by atoms with van der Waals surface area (Å²) in [6.45, 7) is 0.625. The minimum atomic E-state index is -4.30. The highest BCUT2D eigenvalue weighted by molar-refractivity contribution is 9.10. The first-order valence-electron chi connectivity index (χ1n) is 5.57. The molecule has 1 aliphatic rings. The summed E-state index contributed by atoms with van der Waals surface area (Å²) in [7, 11) is 0. The minimum Gasteiger partial charge on any atom is -0.384 e. The number of nitrogens with one attached hydrogen (secondary N) is 1. The molecule has 5 heteroatoms. The van der Waals surface area contributed by atoms with Gasteiger partial charge in [-0.15, -0.1) is 0 Å². The zero-order valence-electron chi connectivity index (χ0n) is 9.15. The van der Waals surface area contributed by atoms with E-state index in [9.17, 15) is 13.2 Å². The number of hydrogen-bond donors (Lipinski definition) is 1. The number of halogens is 4. The highest BCUT2D eigenvalue weighted by Gasteiger charge is 2.33. The smallest absolute Gasteiger partial charge is 0.384 e. The van der Waals surface area contributed by atoms with Gasteiger partial charge in [-0.1, -0.05) is 22.4 Å². The van der Waals surface area contributed by atoms with E-state index in [1.165, 1.54) is 18.6 Å². The second-order valence-electron chi connectivity index (χ2n) is 4.37. The zero-order valence-corrected chi connectivity index (χ0v) is 10.7. The van der Waals surface area contributed by atoms with Crippen molar-refractivity contribution < 1.29 is 13.2 Å². The summed E-state index contributed by atoms with van der Waals surface area (Å²) in [4.78, 5) is 0. The first kappa shape index (κ1) is 12.7. The van der Waals surface area contributed by atoms with Crippen LogP contribution in [0.5, 0.6) is 0 Å². The minimum absolute atomic E-state index is 0.166. The molecule has 1 fully saturated rings. The van der Waals surface area contributed by atoms with Gasteiger partial charge in [-0.3, -0.25) is 0 Å². The Labute approximate surface area is 107 Å². The Balaban J connectivity index is 2.14. The number of rotatable bonds is 3. The Bertz CT molecular complexity index is 399. The lowest BCUT2D eigenvalue weighted by molar-refractivity contribution is -0.137. The second-order valence-corrected chi connectivity index (χ2v) is 5.28. The Morgan fingerprint density at radius 2 is 2.00 bits per heavy atom. The van der Waals surface area contributed by atoms with Crippen molar-refractivity contribution in [3.8, 4) is 0 Å². The molecule has 1 aliphatic carbocycles. The van der Waals surface area contributed by atoms with Gasteiger partial charge < -0.3 is 5.32 Å². The molecule has 1 aromatic rings. The summed E-state index contributed by atoms with van der Waals surface area (Å²) in [6, 6.07) is 4.01. The van der Waals surface area contributed by atoms with E-state index in [0.29, 0.717) is 16.9 Å². The Morgan fingerprint density at radius 1 is 1.29 bits per heavy atom. The lowest BCUT2D eigenvalue weighted by Gasteiger charge is -2.26. The molecule has 0 unspecified atom stereocenters. The maximum absolute atomic E-state index is 12.7. The van der Waals surface area contributed by atoms with Gasteiger partial charge in [0.2, 0.25) is 0 Å². The van der Waals surface area contributed by atoms with E-state index in [1.807, 2.05) is 0 Å². The van der Waals surface area contributed by atoms with Crippen molar-refractivity contribution >= 4 is 21.6 Å². The second kappa shape index (κ2) is 4.88. The van der Waals surface area contributed by atoms with E-state index >= 15 is 0 Å². The molecule has 0 spiro atoms. The molecule has 0 aromatic heterocycles. The Hall–Kier alpha value is -0.710. The lowest BCUT2D eigenvalue weighted by Crippen LogP contribution is -2.22. The molecule has 0 atom stereocenters. The van der Waals surface area contributed by atoms with Crippen molar-refractivity contribution in [1.82, 2.24) is 0 Å². The van der Waals surface area contributed by atoms with Crippen LogP contribution in [0.3, 0.4) is 0 Å². The van der Waals surface area contributed by atoms with Crippen LogP contribution < -0.4 is 5.32 Å². The molecule has 1 saturated carbocycles. The van der Waals surface area contributed by atoms with Gasteiger partial charge in [-0.25, -0.2) is 0 Å². The normalized spacial score (nSPS) is 16.7. The molecule has 0 amide bonds. The third-order valence-electron chi connectivity index (χ3n) is 3.09. The highest BCUT2D eigenvalue weighted by atomic mass is 79.9. The summed E-state index contributed by atoms with van der Waals surface area (Å²) >= 11 is 3.19. The predicted molar refractivity (Wildman–Crippen MR) is 65.0 cm³/mol. The molecular weight excluding hydrogens is 295 g/mol. The third-order valence-corrected chi connectivity index (χ3v) is 3.59. The molecule has 94 valence electrons.